The number of aryl methyl sites for hydroxylation is 1. The predicted octanol–water partition coefficient (Wildman–Crippen LogP) is 3.06. The Kier molecular flexibility index (Phi) is 6.73. The fraction of sp³-hybridized carbons (Fsp3) is 0.588. The summed E-state index contributed by atoms with van der Waals surface area (Å²) in [6, 6.07) is 9.05. The van der Waals surface area contributed by atoms with E-state index in [-0.39, 0.29) is 18.0 Å². The molecule has 0 spiro atoms. The summed E-state index contributed by atoms with van der Waals surface area (Å²) in [6.45, 7) is 10.8. The number of hydrogen-bond donors (Lipinski definition) is 2. The van der Waals surface area contributed by atoms with Crippen LogP contribution in [-0.2, 0) is 11.2 Å². The zero-order valence-electron chi connectivity index (χ0n) is 13.4. The van der Waals surface area contributed by atoms with Gasteiger partial charge in [-0.3, -0.25) is 4.79 Å². The summed E-state index contributed by atoms with van der Waals surface area (Å²) in [6.07, 6.45) is 1.05. The zero-order chi connectivity index (χ0) is 15.1. The van der Waals surface area contributed by atoms with Gasteiger partial charge in [0.2, 0.25) is 5.91 Å². The molecule has 1 aromatic carbocycles. The van der Waals surface area contributed by atoms with Crippen molar-refractivity contribution < 1.29 is 4.79 Å². The van der Waals surface area contributed by atoms with Crippen LogP contribution in [0.1, 0.15) is 51.8 Å². The lowest BCUT2D eigenvalue weighted by atomic mass is 9.95. The van der Waals surface area contributed by atoms with Crippen molar-refractivity contribution in [2.24, 2.45) is 5.92 Å². The SMILES string of the molecule is CCc1ccc(C(NCC(=O)NC(C)C)C(C)C)cc1. The summed E-state index contributed by atoms with van der Waals surface area (Å²) in [5.74, 6) is 0.491. The van der Waals surface area contributed by atoms with E-state index in [2.05, 4.69) is 55.7 Å². The normalized spacial score (nSPS) is 12.8. The molecule has 1 aromatic rings. The first-order valence-electron chi connectivity index (χ1n) is 7.55. The third-order valence-corrected chi connectivity index (χ3v) is 3.35. The topological polar surface area (TPSA) is 41.1 Å². The number of carbonyl (C=O) groups excluding carboxylic acids is 1. The molecule has 0 heterocycles. The highest BCUT2D eigenvalue weighted by molar-refractivity contribution is 5.78. The first-order valence-corrected chi connectivity index (χ1v) is 7.55. The van der Waals surface area contributed by atoms with E-state index in [1.54, 1.807) is 0 Å². The van der Waals surface area contributed by atoms with Gasteiger partial charge in [0.1, 0.15) is 0 Å². The fourth-order valence-corrected chi connectivity index (χ4v) is 2.27. The van der Waals surface area contributed by atoms with Crippen LogP contribution >= 0.6 is 0 Å². The minimum atomic E-state index is 0.0517. The van der Waals surface area contributed by atoms with Crippen molar-refractivity contribution in [1.29, 1.82) is 0 Å². The Balaban J connectivity index is 2.66. The van der Waals surface area contributed by atoms with E-state index in [1.165, 1.54) is 11.1 Å². The number of carbonyl (C=O) groups is 1. The standard InChI is InChI=1S/C17H28N2O/c1-6-14-7-9-15(10-8-14)17(12(2)3)18-11-16(20)19-13(4)5/h7-10,12-13,17-18H,6,11H2,1-5H3,(H,19,20). The molecule has 1 unspecified atom stereocenters. The lowest BCUT2D eigenvalue weighted by molar-refractivity contribution is -0.120. The summed E-state index contributed by atoms with van der Waals surface area (Å²) in [7, 11) is 0. The smallest absolute Gasteiger partial charge is 0.234 e. The highest BCUT2D eigenvalue weighted by Gasteiger charge is 2.16. The fourth-order valence-electron chi connectivity index (χ4n) is 2.27. The van der Waals surface area contributed by atoms with Gasteiger partial charge in [-0.25, -0.2) is 0 Å². The second kappa shape index (κ2) is 8.05. The molecule has 0 aliphatic carbocycles. The van der Waals surface area contributed by atoms with Gasteiger partial charge in [0, 0.05) is 12.1 Å². The monoisotopic (exact) mass is 276 g/mol. The van der Waals surface area contributed by atoms with E-state index in [0.29, 0.717) is 12.5 Å². The second-order valence-electron chi connectivity index (χ2n) is 5.92. The van der Waals surface area contributed by atoms with Crippen LogP contribution in [0.4, 0.5) is 0 Å². The number of nitrogens with one attached hydrogen (secondary N) is 2. The van der Waals surface area contributed by atoms with Gasteiger partial charge < -0.3 is 10.6 Å². The van der Waals surface area contributed by atoms with Gasteiger partial charge >= 0.3 is 0 Å². The van der Waals surface area contributed by atoms with Gasteiger partial charge in [0.15, 0.2) is 0 Å². The largest absolute Gasteiger partial charge is 0.353 e. The Morgan fingerprint density at radius 2 is 1.70 bits per heavy atom. The van der Waals surface area contributed by atoms with Gasteiger partial charge in [-0.05, 0) is 37.3 Å². The molecule has 3 heteroatoms. The summed E-state index contributed by atoms with van der Waals surface area (Å²) in [5, 5.41) is 6.27. The van der Waals surface area contributed by atoms with Gasteiger partial charge in [0.25, 0.3) is 0 Å². The quantitative estimate of drug-likeness (QED) is 0.803. The van der Waals surface area contributed by atoms with Crippen LogP contribution in [0.25, 0.3) is 0 Å². The number of hydrogen-bond acceptors (Lipinski definition) is 2. The van der Waals surface area contributed by atoms with Crippen LogP contribution in [0.15, 0.2) is 24.3 Å². The van der Waals surface area contributed by atoms with E-state index >= 15 is 0 Å². The molecule has 0 radical (unpaired) electrons. The summed E-state index contributed by atoms with van der Waals surface area (Å²) in [4.78, 5) is 11.7. The van der Waals surface area contributed by atoms with Gasteiger partial charge in [-0.15, -0.1) is 0 Å². The van der Waals surface area contributed by atoms with Crippen molar-refractivity contribution >= 4 is 5.91 Å². The van der Waals surface area contributed by atoms with E-state index in [4.69, 9.17) is 0 Å². The molecule has 0 fully saturated rings. The van der Waals surface area contributed by atoms with Gasteiger partial charge in [-0.2, -0.15) is 0 Å². The van der Waals surface area contributed by atoms with Crippen LogP contribution in [0.2, 0.25) is 0 Å². The summed E-state index contributed by atoms with van der Waals surface area (Å²) >= 11 is 0. The molecular weight excluding hydrogens is 248 g/mol. The highest BCUT2D eigenvalue weighted by atomic mass is 16.1. The number of rotatable bonds is 7. The van der Waals surface area contributed by atoms with E-state index in [1.807, 2.05) is 13.8 Å². The molecule has 1 amide bonds. The highest BCUT2D eigenvalue weighted by Crippen LogP contribution is 2.21. The molecule has 0 aromatic heterocycles. The Labute approximate surface area is 123 Å². The maximum Gasteiger partial charge on any atom is 0.234 e. The average molecular weight is 276 g/mol. The van der Waals surface area contributed by atoms with E-state index in [0.717, 1.165) is 6.42 Å². The Hall–Kier alpha value is -1.35. The van der Waals surface area contributed by atoms with Crippen LogP contribution < -0.4 is 10.6 Å². The van der Waals surface area contributed by atoms with Crippen LogP contribution in [0.3, 0.4) is 0 Å². The molecule has 1 rings (SSSR count). The van der Waals surface area contributed by atoms with Crippen molar-refractivity contribution in [2.75, 3.05) is 6.54 Å². The molecule has 1 atom stereocenters. The maximum atomic E-state index is 11.7. The van der Waals surface area contributed by atoms with Crippen LogP contribution in [0, 0.1) is 5.92 Å². The first-order chi connectivity index (χ1) is 9.43. The molecule has 0 aliphatic heterocycles. The first kappa shape index (κ1) is 16.7. The second-order valence-corrected chi connectivity index (χ2v) is 5.92. The number of amides is 1. The van der Waals surface area contributed by atoms with Crippen molar-refractivity contribution in [3.05, 3.63) is 35.4 Å². The van der Waals surface area contributed by atoms with Gasteiger partial charge in [-0.1, -0.05) is 45.0 Å². The number of benzene rings is 1. The Morgan fingerprint density at radius 1 is 1.10 bits per heavy atom. The lowest BCUT2D eigenvalue weighted by Gasteiger charge is -2.23. The molecule has 0 aliphatic rings. The van der Waals surface area contributed by atoms with E-state index in [9.17, 15) is 4.79 Å². The van der Waals surface area contributed by atoms with Crippen molar-refractivity contribution in [2.45, 2.75) is 53.1 Å². The minimum Gasteiger partial charge on any atom is -0.353 e. The van der Waals surface area contributed by atoms with Crippen LogP contribution in [0.5, 0.6) is 0 Å². The lowest BCUT2D eigenvalue weighted by Crippen LogP contribution is -2.40. The maximum absolute atomic E-state index is 11.7. The van der Waals surface area contributed by atoms with Crippen LogP contribution in [-0.4, -0.2) is 18.5 Å². The molecule has 3 nitrogen and oxygen atoms in total. The summed E-state index contributed by atoms with van der Waals surface area (Å²) < 4.78 is 0. The van der Waals surface area contributed by atoms with Gasteiger partial charge in [0.05, 0.1) is 6.54 Å². The zero-order valence-corrected chi connectivity index (χ0v) is 13.4. The molecule has 112 valence electrons. The summed E-state index contributed by atoms with van der Waals surface area (Å²) in [5.41, 5.74) is 2.59. The van der Waals surface area contributed by atoms with E-state index < -0.39 is 0 Å². The molecule has 0 saturated heterocycles. The van der Waals surface area contributed by atoms with Crippen molar-refractivity contribution in [3.8, 4) is 0 Å². The predicted molar refractivity (Wildman–Crippen MR) is 84.7 cm³/mol. The molecule has 0 bridgehead atoms. The molecular formula is C17H28N2O. The third kappa shape index (κ3) is 5.33. The van der Waals surface area contributed by atoms with Crippen molar-refractivity contribution in [3.63, 3.8) is 0 Å². The minimum absolute atomic E-state index is 0.0517. The Bertz CT molecular complexity index is 410. The molecule has 0 saturated carbocycles. The Morgan fingerprint density at radius 3 is 2.15 bits per heavy atom. The van der Waals surface area contributed by atoms with Crippen molar-refractivity contribution in [1.82, 2.24) is 10.6 Å². The molecule has 20 heavy (non-hydrogen) atoms. The average Bonchev–Trinajstić information content (AvgIpc) is 2.38. The molecule has 2 N–H and O–H groups in total. The third-order valence-electron chi connectivity index (χ3n) is 3.35.